The molecule has 0 saturated carbocycles. The molecule has 1 aromatic heterocycles. The van der Waals surface area contributed by atoms with Crippen molar-refractivity contribution in [1.82, 2.24) is 4.98 Å². The summed E-state index contributed by atoms with van der Waals surface area (Å²) in [4.78, 5) is 22.0. The van der Waals surface area contributed by atoms with Crippen molar-refractivity contribution >= 4 is 5.69 Å². The standard InChI is InChI=1S/C7H6F2N2O4/c8-7(9)6-3(2-12)4(11(14)15)1-5(13)10-6/h1,7,12H,2H2,(H,10,13). The van der Waals surface area contributed by atoms with Gasteiger partial charge in [0.1, 0.15) is 0 Å². The molecule has 2 N–H and O–H groups in total. The number of aliphatic hydroxyl groups excluding tert-OH is 1. The molecule has 8 heteroatoms. The Balaban J connectivity index is 3.52. The lowest BCUT2D eigenvalue weighted by Gasteiger charge is -2.05. The van der Waals surface area contributed by atoms with Gasteiger partial charge in [0.15, 0.2) is 0 Å². The van der Waals surface area contributed by atoms with Gasteiger partial charge in [0.25, 0.3) is 17.7 Å². The molecule has 0 atom stereocenters. The van der Waals surface area contributed by atoms with Crippen molar-refractivity contribution in [2.75, 3.05) is 0 Å². The summed E-state index contributed by atoms with van der Waals surface area (Å²) < 4.78 is 24.7. The largest absolute Gasteiger partial charge is 0.391 e. The molecule has 0 aromatic carbocycles. The zero-order valence-corrected chi connectivity index (χ0v) is 7.24. The molecular formula is C7H6F2N2O4. The Morgan fingerprint density at radius 3 is 2.60 bits per heavy atom. The number of pyridine rings is 1. The third kappa shape index (κ3) is 2.15. The van der Waals surface area contributed by atoms with Crippen molar-refractivity contribution in [3.8, 4) is 0 Å². The van der Waals surface area contributed by atoms with Crippen molar-refractivity contribution in [2.45, 2.75) is 13.0 Å². The Morgan fingerprint density at radius 1 is 1.60 bits per heavy atom. The van der Waals surface area contributed by atoms with E-state index in [2.05, 4.69) is 0 Å². The van der Waals surface area contributed by atoms with Crippen LogP contribution < -0.4 is 5.56 Å². The molecule has 0 radical (unpaired) electrons. The highest BCUT2D eigenvalue weighted by Crippen LogP contribution is 2.26. The number of hydrogen-bond acceptors (Lipinski definition) is 4. The number of nitrogens with zero attached hydrogens (tertiary/aromatic N) is 1. The van der Waals surface area contributed by atoms with E-state index >= 15 is 0 Å². The minimum absolute atomic E-state index is 0.553. The van der Waals surface area contributed by atoms with Crippen LogP contribution in [-0.2, 0) is 6.61 Å². The Hall–Kier alpha value is -1.83. The second kappa shape index (κ2) is 4.13. The Bertz CT molecular complexity index is 443. The van der Waals surface area contributed by atoms with Crippen molar-refractivity contribution in [2.24, 2.45) is 0 Å². The molecule has 6 nitrogen and oxygen atoms in total. The van der Waals surface area contributed by atoms with Crippen LogP contribution >= 0.6 is 0 Å². The maximum Gasteiger partial charge on any atom is 0.282 e. The maximum absolute atomic E-state index is 12.3. The molecule has 1 rings (SSSR count). The molecule has 82 valence electrons. The molecular weight excluding hydrogens is 214 g/mol. The highest BCUT2D eigenvalue weighted by molar-refractivity contribution is 5.41. The normalized spacial score (nSPS) is 10.7. The number of rotatable bonds is 3. The predicted molar refractivity (Wildman–Crippen MR) is 44.6 cm³/mol. The van der Waals surface area contributed by atoms with E-state index < -0.39 is 40.5 Å². The Labute approximate surface area is 81.3 Å². The van der Waals surface area contributed by atoms with Gasteiger partial charge in [-0.25, -0.2) is 8.78 Å². The number of halogens is 2. The van der Waals surface area contributed by atoms with Crippen LogP contribution in [0.1, 0.15) is 17.7 Å². The van der Waals surface area contributed by atoms with Crippen LogP contribution in [0.5, 0.6) is 0 Å². The highest BCUT2D eigenvalue weighted by atomic mass is 19.3. The molecule has 0 aliphatic heterocycles. The van der Waals surface area contributed by atoms with E-state index in [9.17, 15) is 23.7 Å². The lowest BCUT2D eigenvalue weighted by Crippen LogP contribution is -2.14. The Morgan fingerprint density at radius 2 is 2.20 bits per heavy atom. The molecule has 0 unspecified atom stereocenters. The van der Waals surface area contributed by atoms with Gasteiger partial charge in [0.05, 0.1) is 28.9 Å². The van der Waals surface area contributed by atoms with E-state index in [0.717, 1.165) is 0 Å². The molecule has 1 aromatic rings. The van der Waals surface area contributed by atoms with Gasteiger partial charge in [0.2, 0.25) is 0 Å². The summed E-state index contributed by atoms with van der Waals surface area (Å²) in [6.07, 6.45) is -3.08. The van der Waals surface area contributed by atoms with E-state index in [0.29, 0.717) is 6.07 Å². The van der Waals surface area contributed by atoms with Crippen LogP contribution in [0.25, 0.3) is 0 Å². The summed E-state index contributed by atoms with van der Waals surface area (Å²) in [5, 5.41) is 19.1. The van der Waals surface area contributed by atoms with E-state index in [1.54, 1.807) is 4.98 Å². The summed E-state index contributed by atoms with van der Waals surface area (Å²) in [6, 6.07) is 0.553. The summed E-state index contributed by atoms with van der Waals surface area (Å²) in [5.41, 5.74) is -3.31. The van der Waals surface area contributed by atoms with Gasteiger partial charge in [-0.15, -0.1) is 0 Å². The van der Waals surface area contributed by atoms with Crippen LogP contribution in [0, 0.1) is 10.1 Å². The summed E-state index contributed by atoms with van der Waals surface area (Å²) in [6.45, 7) is -0.938. The fourth-order valence-corrected chi connectivity index (χ4v) is 1.11. The van der Waals surface area contributed by atoms with Gasteiger partial charge >= 0.3 is 0 Å². The van der Waals surface area contributed by atoms with Gasteiger partial charge in [-0.3, -0.25) is 14.9 Å². The highest BCUT2D eigenvalue weighted by Gasteiger charge is 2.23. The minimum atomic E-state index is -3.08. The lowest BCUT2D eigenvalue weighted by molar-refractivity contribution is -0.386. The van der Waals surface area contributed by atoms with E-state index in [1.165, 1.54) is 0 Å². The molecule has 0 fully saturated rings. The average Bonchev–Trinajstić information content (AvgIpc) is 2.16. The number of nitro groups is 1. The number of hydrogen-bond donors (Lipinski definition) is 2. The Kier molecular flexibility index (Phi) is 3.10. The molecule has 0 spiro atoms. The maximum atomic E-state index is 12.3. The smallest absolute Gasteiger partial charge is 0.282 e. The first-order valence-corrected chi connectivity index (χ1v) is 3.77. The van der Waals surface area contributed by atoms with Crippen LogP contribution in [0.2, 0.25) is 0 Å². The molecule has 0 aliphatic carbocycles. The van der Waals surface area contributed by atoms with Crippen LogP contribution in [0.3, 0.4) is 0 Å². The van der Waals surface area contributed by atoms with Crippen LogP contribution in [-0.4, -0.2) is 15.0 Å². The second-order valence-electron chi connectivity index (χ2n) is 2.63. The SMILES string of the molecule is O=c1cc([N+](=O)[O-])c(CO)c(C(F)F)[nH]1. The molecule has 1 heterocycles. The molecule has 0 saturated heterocycles. The molecule has 0 bridgehead atoms. The van der Waals surface area contributed by atoms with Gasteiger partial charge < -0.3 is 10.1 Å². The molecule has 15 heavy (non-hydrogen) atoms. The molecule has 0 aliphatic rings. The third-order valence-electron chi connectivity index (χ3n) is 1.73. The van der Waals surface area contributed by atoms with E-state index in [-0.39, 0.29) is 0 Å². The van der Waals surface area contributed by atoms with Gasteiger partial charge in [-0.05, 0) is 0 Å². The van der Waals surface area contributed by atoms with Crippen molar-refractivity contribution < 1.29 is 18.8 Å². The summed E-state index contributed by atoms with van der Waals surface area (Å²) >= 11 is 0. The quantitative estimate of drug-likeness (QED) is 0.579. The monoisotopic (exact) mass is 220 g/mol. The minimum Gasteiger partial charge on any atom is -0.391 e. The number of aromatic amines is 1. The third-order valence-corrected chi connectivity index (χ3v) is 1.73. The second-order valence-corrected chi connectivity index (χ2v) is 2.63. The number of alkyl halides is 2. The van der Waals surface area contributed by atoms with E-state index in [4.69, 9.17) is 5.11 Å². The van der Waals surface area contributed by atoms with Crippen molar-refractivity contribution in [1.29, 1.82) is 0 Å². The number of nitrogens with one attached hydrogen (secondary N) is 1. The van der Waals surface area contributed by atoms with Crippen molar-refractivity contribution in [3.63, 3.8) is 0 Å². The predicted octanol–water partition coefficient (Wildman–Crippen LogP) is 0.713. The first-order chi connectivity index (χ1) is 6.97. The van der Waals surface area contributed by atoms with E-state index in [1.807, 2.05) is 0 Å². The fourth-order valence-electron chi connectivity index (χ4n) is 1.11. The van der Waals surface area contributed by atoms with Crippen LogP contribution in [0.15, 0.2) is 10.9 Å². The molecule has 0 amide bonds. The zero-order chi connectivity index (χ0) is 11.6. The van der Waals surface area contributed by atoms with Gasteiger partial charge in [0, 0.05) is 0 Å². The fraction of sp³-hybridized carbons (Fsp3) is 0.286. The number of aliphatic hydroxyl groups is 1. The zero-order valence-electron chi connectivity index (χ0n) is 7.24. The number of aromatic nitrogens is 1. The van der Waals surface area contributed by atoms with Crippen LogP contribution in [0.4, 0.5) is 14.5 Å². The van der Waals surface area contributed by atoms with Gasteiger partial charge in [-0.2, -0.15) is 0 Å². The summed E-state index contributed by atoms with van der Waals surface area (Å²) in [5.74, 6) is 0. The number of H-pyrrole nitrogens is 1. The first kappa shape index (κ1) is 11.2. The lowest BCUT2D eigenvalue weighted by atomic mass is 10.1. The van der Waals surface area contributed by atoms with Crippen molar-refractivity contribution in [3.05, 3.63) is 37.8 Å². The summed E-state index contributed by atoms with van der Waals surface area (Å²) in [7, 11) is 0. The first-order valence-electron chi connectivity index (χ1n) is 3.77. The van der Waals surface area contributed by atoms with Gasteiger partial charge in [-0.1, -0.05) is 0 Å². The topological polar surface area (TPSA) is 96.2 Å². The average molecular weight is 220 g/mol.